The molecular weight excluding hydrogens is 368 g/mol. The number of amides is 1. The lowest BCUT2D eigenvalue weighted by Gasteiger charge is -2.16. The van der Waals surface area contributed by atoms with Crippen molar-refractivity contribution in [2.24, 2.45) is 5.92 Å². The first-order valence-electron chi connectivity index (χ1n) is 10.00. The minimum absolute atomic E-state index is 0.00687. The highest BCUT2D eigenvalue weighted by Crippen LogP contribution is 2.27. The number of nitrogens with zero attached hydrogens (tertiary/aromatic N) is 2. The van der Waals surface area contributed by atoms with Gasteiger partial charge in [-0.25, -0.2) is 4.98 Å². The molecule has 146 valence electrons. The molecule has 0 aliphatic heterocycles. The van der Waals surface area contributed by atoms with Crippen molar-refractivity contribution >= 4 is 28.4 Å². The first kappa shape index (κ1) is 19.0. The van der Waals surface area contributed by atoms with Crippen molar-refractivity contribution < 1.29 is 4.79 Å². The molecule has 1 amide bonds. The van der Waals surface area contributed by atoms with Gasteiger partial charge in [0.1, 0.15) is 5.82 Å². The van der Waals surface area contributed by atoms with Gasteiger partial charge in [0.25, 0.3) is 0 Å². The number of benzene rings is 2. The van der Waals surface area contributed by atoms with Gasteiger partial charge in [-0.05, 0) is 29.2 Å². The van der Waals surface area contributed by atoms with Gasteiger partial charge in [-0.2, -0.15) is 0 Å². The summed E-state index contributed by atoms with van der Waals surface area (Å²) in [5, 5.41) is 13.4. The van der Waals surface area contributed by atoms with Crippen LogP contribution in [-0.2, 0) is 11.2 Å². The Morgan fingerprint density at radius 2 is 2.00 bits per heavy atom. The molecule has 2 N–H and O–H groups in total. The lowest BCUT2D eigenvalue weighted by atomic mass is 10.00. The number of thioether (sulfide) groups is 1. The normalized spacial score (nSPS) is 15.8. The fraction of sp³-hybridized carbons (Fsp3) is 0.409. The Kier molecular flexibility index (Phi) is 5.95. The molecule has 2 aromatic carbocycles. The summed E-state index contributed by atoms with van der Waals surface area (Å²) in [6.45, 7) is 2.02. The first-order chi connectivity index (χ1) is 13.7. The van der Waals surface area contributed by atoms with Crippen molar-refractivity contribution in [2.45, 2.75) is 50.2 Å². The van der Waals surface area contributed by atoms with Crippen molar-refractivity contribution in [2.75, 3.05) is 5.75 Å². The molecule has 1 aromatic heterocycles. The lowest BCUT2D eigenvalue weighted by molar-refractivity contribution is -0.119. The summed E-state index contributed by atoms with van der Waals surface area (Å²) in [5.41, 5.74) is 1.13. The van der Waals surface area contributed by atoms with Gasteiger partial charge in [0.15, 0.2) is 0 Å². The molecule has 0 bridgehead atoms. The van der Waals surface area contributed by atoms with Crippen LogP contribution in [0.2, 0.25) is 0 Å². The van der Waals surface area contributed by atoms with Gasteiger partial charge in [-0.15, -0.1) is 5.10 Å². The van der Waals surface area contributed by atoms with Gasteiger partial charge in [0, 0.05) is 6.42 Å². The van der Waals surface area contributed by atoms with Crippen LogP contribution in [0.15, 0.2) is 47.6 Å². The lowest BCUT2D eigenvalue weighted by Crippen LogP contribution is -2.28. The Balaban J connectivity index is 1.31. The van der Waals surface area contributed by atoms with Gasteiger partial charge >= 0.3 is 0 Å². The third kappa shape index (κ3) is 4.55. The van der Waals surface area contributed by atoms with Crippen LogP contribution in [0.5, 0.6) is 0 Å². The maximum Gasteiger partial charge on any atom is 0.230 e. The van der Waals surface area contributed by atoms with E-state index in [0.29, 0.717) is 10.9 Å². The van der Waals surface area contributed by atoms with Crippen LogP contribution >= 0.6 is 11.8 Å². The average Bonchev–Trinajstić information content (AvgIpc) is 3.38. The Labute approximate surface area is 169 Å². The maximum absolute atomic E-state index is 12.4. The third-order valence-corrected chi connectivity index (χ3v) is 6.31. The fourth-order valence-electron chi connectivity index (χ4n) is 4.04. The van der Waals surface area contributed by atoms with Crippen LogP contribution in [0, 0.1) is 5.92 Å². The molecule has 0 spiro atoms. The molecule has 3 aromatic rings. The predicted octanol–water partition coefficient (Wildman–Crippen LogP) is 4.66. The van der Waals surface area contributed by atoms with Crippen molar-refractivity contribution in [1.82, 2.24) is 20.5 Å². The van der Waals surface area contributed by atoms with E-state index in [9.17, 15) is 4.79 Å². The molecule has 5 nitrogen and oxygen atoms in total. The summed E-state index contributed by atoms with van der Waals surface area (Å²) in [7, 11) is 0. The molecule has 1 heterocycles. The van der Waals surface area contributed by atoms with E-state index in [1.807, 2.05) is 25.1 Å². The highest BCUT2D eigenvalue weighted by atomic mass is 32.2. The van der Waals surface area contributed by atoms with E-state index >= 15 is 0 Å². The number of hydrogen-bond donors (Lipinski definition) is 2. The quantitative estimate of drug-likeness (QED) is 0.572. The zero-order valence-corrected chi connectivity index (χ0v) is 17.0. The summed E-state index contributed by atoms with van der Waals surface area (Å²) in [6, 6.07) is 14.4. The molecule has 1 aliphatic carbocycles. The molecule has 1 unspecified atom stereocenters. The molecule has 28 heavy (non-hydrogen) atoms. The zero-order chi connectivity index (χ0) is 19.3. The van der Waals surface area contributed by atoms with Gasteiger partial charge in [-0.1, -0.05) is 79.9 Å². The van der Waals surface area contributed by atoms with Crippen LogP contribution in [0.3, 0.4) is 0 Å². The van der Waals surface area contributed by atoms with Crippen LogP contribution < -0.4 is 5.32 Å². The summed E-state index contributed by atoms with van der Waals surface area (Å²) in [6.07, 6.45) is 6.21. The Hall–Kier alpha value is -2.34. The van der Waals surface area contributed by atoms with Crippen LogP contribution in [-0.4, -0.2) is 26.8 Å². The minimum atomic E-state index is -0.0516. The highest BCUT2D eigenvalue weighted by molar-refractivity contribution is 7.99. The number of nitrogens with one attached hydrogen (secondary N) is 2. The summed E-state index contributed by atoms with van der Waals surface area (Å²) in [4.78, 5) is 17.0. The second-order valence-corrected chi connectivity index (χ2v) is 8.51. The molecule has 4 rings (SSSR count). The van der Waals surface area contributed by atoms with Crippen LogP contribution in [0.1, 0.15) is 50.0 Å². The third-order valence-electron chi connectivity index (χ3n) is 5.47. The van der Waals surface area contributed by atoms with Gasteiger partial charge < -0.3 is 5.32 Å². The topological polar surface area (TPSA) is 70.7 Å². The fourth-order valence-corrected chi connectivity index (χ4v) is 4.67. The zero-order valence-electron chi connectivity index (χ0n) is 16.1. The van der Waals surface area contributed by atoms with Crippen LogP contribution in [0.4, 0.5) is 0 Å². The number of aromatic amines is 1. The second kappa shape index (κ2) is 8.78. The van der Waals surface area contributed by atoms with Crippen molar-refractivity contribution in [3.8, 4) is 0 Å². The van der Waals surface area contributed by atoms with Crippen molar-refractivity contribution in [3.63, 3.8) is 0 Å². The van der Waals surface area contributed by atoms with Gasteiger partial charge in [0.05, 0.1) is 11.8 Å². The predicted molar refractivity (Wildman–Crippen MR) is 113 cm³/mol. The first-order valence-corrected chi connectivity index (χ1v) is 11.0. The number of H-pyrrole nitrogens is 1. The maximum atomic E-state index is 12.4. The van der Waals surface area contributed by atoms with Gasteiger partial charge in [0.2, 0.25) is 11.1 Å². The molecular formula is C22H26N4OS. The van der Waals surface area contributed by atoms with E-state index < -0.39 is 0 Å². The molecule has 6 heteroatoms. The highest BCUT2D eigenvalue weighted by Gasteiger charge is 2.18. The van der Waals surface area contributed by atoms with E-state index in [4.69, 9.17) is 0 Å². The van der Waals surface area contributed by atoms with E-state index in [2.05, 4.69) is 44.8 Å². The molecule has 0 radical (unpaired) electrons. The van der Waals surface area contributed by atoms with E-state index in [0.717, 1.165) is 23.7 Å². The number of rotatable bonds is 7. The summed E-state index contributed by atoms with van der Waals surface area (Å²) in [5.74, 6) is 1.98. The molecule has 1 saturated carbocycles. The largest absolute Gasteiger partial charge is 0.349 e. The molecule has 1 aliphatic rings. The minimum Gasteiger partial charge on any atom is -0.349 e. The summed E-state index contributed by atoms with van der Waals surface area (Å²) < 4.78 is 0. The Morgan fingerprint density at radius 1 is 1.21 bits per heavy atom. The van der Waals surface area contributed by atoms with E-state index in [-0.39, 0.29) is 11.9 Å². The Morgan fingerprint density at radius 3 is 2.86 bits per heavy atom. The average molecular weight is 395 g/mol. The molecule has 1 atom stereocenters. The van der Waals surface area contributed by atoms with Gasteiger partial charge in [-0.3, -0.25) is 9.89 Å². The number of carbonyl (C=O) groups excluding carboxylic acids is 1. The monoisotopic (exact) mass is 394 g/mol. The standard InChI is InChI=1S/C22H26N4OS/c1-15(18-12-6-10-17-9-4-5-11-19(17)18)23-21(27)14-28-22-24-20(25-26-22)13-16-7-2-3-8-16/h4-6,9-12,15-16H,2-3,7-8,13-14H2,1H3,(H,23,27)(H,24,25,26). The van der Waals surface area contributed by atoms with Crippen LogP contribution in [0.25, 0.3) is 10.8 Å². The second-order valence-electron chi connectivity index (χ2n) is 7.57. The number of aromatic nitrogens is 3. The molecule has 0 saturated heterocycles. The number of hydrogen-bond acceptors (Lipinski definition) is 4. The SMILES string of the molecule is CC(NC(=O)CSc1n[nH]c(CC2CCCC2)n1)c1cccc2ccccc12. The molecule has 1 fully saturated rings. The number of fused-ring (bicyclic) bond motifs is 1. The van der Waals surface area contributed by atoms with Crippen molar-refractivity contribution in [3.05, 3.63) is 53.9 Å². The van der Waals surface area contributed by atoms with E-state index in [1.165, 1.54) is 48.2 Å². The Bertz CT molecular complexity index is 943. The smallest absolute Gasteiger partial charge is 0.230 e. The number of carbonyl (C=O) groups is 1. The summed E-state index contributed by atoms with van der Waals surface area (Å²) >= 11 is 1.38. The van der Waals surface area contributed by atoms with E-state index in [1.54, 1.807) is 0 Å². The van der Waals surface area contributed by atoms with Crippen molar-refractivity contribution in [1.29, 1.82) is 0 Å².